The maximum atomic E-state index is 5.72. The average Bonchev–Trinajstić information content (AvgIpc) is 2.72. The van der Waals surface area contributed by atoms with Crippen LogP contribution in [0.3, 0.4) is 0 Å². The van der Waals surface area contributed by atoms with E-state index in [0.717, 1.165) is 25.7 Å². The molecule has 0 saturated carbocycles. The Labute approximate surface area is 122 Å². The lowest BCUT2D eigenvalue weighted by atomic mass is 10.1. The lowest BCUT2D eigenvalue weighted by Gasteiger charge is -2.19. The highest BCUT2D eigenvalue weighted by molar-refractivity contribution is 7.11. The molecule has 0 atom stereocenters. The minimum Gasteiger partial charge on any atom is -0.376 e. The van der Waals surface area contributed by atoms with Gasteiger partial charge >= 0.3 is 0 Å². The van der Waals surface area contributed by atoms with Crippen LogP contribution in [-0.2, 0) is 17.9 Å². The van der Waals surface area contributed by atoms with Crippen molar-refractivity contribution in [3.8, 4) is 0 Å². The third kappa shape index (κ3) is 8.40. The normalized spacial score (nSPS) is 12.3. The van der Waals surface area contributed by atoms with Gasteiger partial charge in [-0.2, -0.15) is 0 Å². The maximum absolute atomic E-state index is 5.72. The molecule has 3 heteroatoms. The number of rotatable bonds is 8. The van der Waals surface area contributed by atoms with Crippen LogP contribution in [0.1, 0.15) is 57.2 Å². The Morgan fingerprint density at radius 1 is 1.21 bits per heavy atom. The van der Waals surface area contributed by atoms with Crippen molar-refractivity contribution in [1.82, 2.24) is 5.32 Å². The second-order valence-corrected chi connectivity index (χ2v) is 7.81. The summed E-state index contributed by atoms with van der Waals surface area (Å²) in [5.74, 6) is 0.778. The van der Waals surface area contributed by atoms with Crippen molar-refractivity contribution in [3.05, 3.63) is 21.9 Å². The van der Waals surface area contributed by atoms with Crippen LogP contribution < -0.4 is 5.32 Å². The second-order valence-electron chi connectivity index (χ2n) is 6.56. The summed E-state index contributed by atoms with van der Waals surface area (Å²) < 4.78 is 5.72. The van der Waals surface area contributed by atoms with E-state index in [4.69, 9.17) is 4.74 Å². The molecule has 1 N–H and O–H groups in total. The van der Waals surface area contributed by atoms with Crippen LogP contribution in [0.15, 0.2) is 12.1 Å². The maximum Gasteiger partial charge on any atom is 0.0809 e. The highest BCUT2D eigenvalue weighted by Gasteiger charge is 2.09. The molecule has 1 aromatic heterocycles. The SMILES string of the molecule is CC(C)CCCOCc1ccc(CNC(C)(C)C)s1. The topological polar surface area (TPSA) is 21.3 Å². The summed E-state index contributed by atoms with van der Waals surface area (Å²) in [6, 6.07) is 4.39. The van der Waals surface area contributed by atoms with Crippen LogP contribution in [0.25, 0.3) is 0 Å². The Morgan fingerprint density at radius 3 is 2.53 bits per heavy atom. The van der Waals surface area contributed by atoms with Crippen molar-refractivity contribution < 1.29 is 4.74 Å². The lowest BCUT2D eigenvalue weighted by Crippen LogP contribution is -2.34. The lowest BCUT2D eigenvalue weighted by molar-refractivity contribution is 0.117. The first-order chi connectivity index (χ1) is 8.87. The summed E-state index contributed by atoms with van der Waals surface area (Å²) in [7, 11) is 0. The Morgan fingerprint density at radius 2 is 1.89 bits per heavy atom. The van der Waals surface area contributed by atoms with Crippen LogP contribution in [0.4, 0.5) is 0 Å². The zero-order valence-corrected chi connectivity index (χ0v) is 13.9. The number of thiophene rings is 1. The molecule has 0 fully saturated rings. The summed E-state index contributed by atoms with van der Waals surface area (Å²) in [5.41, 5.74) is 0.178. The van der Waals surface area contributed by atoms with Crippen LogP contribution >= 0.6 is 11.3 Å². The van der Waals surface area contributed by atoms with Gasteiger partial charge in [-0.15, -0.1) is 11.3 Å². The van der Waals surface area contributed by atoms with Crippen molar-refractivity contribution in [2.45, 2.75) is 66.2 Å². The molecule has 1 aromatic rings. The number of nitrogens with one attached hydrogen (secondary N) is 1. The molecular weight excluding hydrogens is 254 g/mol. The summed E-state index contributed by atoms with van der Waals surface area (Å²) >= 11 is 1.85. The van der Waals surface area contributed by atoms with Gasteiger partial charge in [0.1, 0.15) is 0 Å². The molecule has 0 spiro atoms. The standard InChI is InChI=1S/C16H29NOS/c1-13(2)7-6-10-18-12-15-9-8-14(19-15)11-17-16(3,4)5/h8-9,13,17H,6-7,10-12H2,1-5H3. The van der Waals surface area contributed by atoms with E-state index >= 15 is 0 Å². The van der Waals surface area contributed by atoms with Gasteiger partial charge in [-0.05, 0) is 51.7 Å². The Hall–Kier alpha value is -0.380. The fourth-order valence-corrected chi connectivity index (χ4v) is 2.61. The van der Waals surface area contributed by atoms with Gasteiger partial charge in [-0.1, -0.05) is 13.8 Å². The average molecular weight is 283 g/mol. The Balaban J connectivity index is 2.20. The van der Waals surface area contributed by atoms with Gasteiger partial charge in [0.05, 0.1) is 6.61 Å². The molecule has 0 aliphatic carbocycles. The molecule has 0 amide bonds. The summed E-state index contributed by atoms with van der Waals surface area (Å²) in [6.45, 7) is 13.7. The second kappa shape index (κ2) is 8.03. The molecule has 1 heterocycles. The molecule has 0 aliphatic heterocycles. The van der Waals surface area contributed by atoms with Crippen molar-refractivity contribution >= 4 is 11.3 Å². The minimum absolute atomic E-state index is 0.178. The zero-order valence-electron chi connectivity index (χ0n) is 13.1. The van der Waals surface area contributed by atoms with E-state index in [1.54, 1.807) is 0 Å². The largest absolute Gasteiger partial charge is 0.376 e. The van der Waals surface area contributed by atoms with Crippen LogP contribution in [0.2, 0.25) is 0 Å². The van der Waals surface area contributed by atoms with Crippen LogP contribution in [0.5, 0.6) is 0 Å². The van der Waals surface area contributed by atoms with E-state index in [1.165, 1.54) is 22.6 Å². The van der Waals surface area contributed by atoms with Gasteiger partial charge in [0.25, 0.3) is 0 Å². The number of ether oxygens (including phenoxy) is 1. The third-order valence-corrected chi connectivity index (χ3v) is 3.88. The van der Waals surface area contributed by atoms with Gasteiger partial charge < -0.3 is 10.1 Å². The molecule has 0 saturated heterocycles. The van der Waals surface area contributed by atoms with Gasteiger partial charge in [0, 0.05) is 28.4 Å². The summed E-state index contributed by atoms with van der Waals surface area (Å²) in [6.07, 6.45) is 2.42. The number of hydrogen-bond donors (Lipinski definition) is 1. The monoisotopic (exact) mass is 283 g/mol. The van der Waals surface area contributed by atoms with Crippen LogP contribution in [-0.4, -0.2) is 12.1 Å². The quantitative estimate of drug-likeness (QED) is 0.705. The van der Waals surface area contributed by atoms with E-state index in [0.29, 0.717) is 0 Å². The zero-order chi connectivity index (χ0) is 14.3. The van der Waals surface area contributed by atoms with E-state index < -0.39 is 0 Å². The molecular formula is C16H29NOS. The van der Waals surface area contributed by atoms with Crippen molar-refractivity contribution in [2.24, 2.45) is 5.92 Å². The van der Waals surface area contributed by atoms with E-state index in [9.17, 15) is 0 Å². The third-order valence-electron chi connectivity index (χ3n) is 2.82. The minimum atomic E-state index is 0.178. The van der Waals surface area contributed by atoms with Crippen molar-refractivity contribution in [1.29, 1.82) is 0 Å². The molecule has 110 valence electrons. The first kappa shape index (κ1) is 16.7. The van der Waals surface area contributed by atoms with Gasteiger partial charge in [0.2, 0.25) is 0 Å². The van der Waals surface area contributed by atoms with E-state index in [1.807, 2.05) is 11.3 Å². The summed E-state index contributed by atoms with van der Waals surface area (Å²) in [5, 5.41) is 3.51. The first-order valence-electron chi connectivity index (χ1n) is 7.27. The predicted octanol–water partition coefficient (Wildman–Crippen LogP) is 4.59. The molecule has 0 radical (unpaired) electrons. The summed E-state index contributed by atoms with van der Waals surface area (Å²) in [4.78, 5) is 2.71. The van der Waals surface area contributed by atoms with Gasteiger partial charge in [-0.25, -0.2) is 0 Å². The molecule has 0 aliphatic rings. The smallest absolute Gasteiger partial charge is 0.0809 e. The van der Waals surface area contributed by atoms with E-state index in [2.05, 4.69) is 52.1 Å². The Kier molecular flexibility index (Phi) is 7.05. The molecule has 0 bridgehead atoms. The first-order valence-corrected chi connectivity index (χ1v) is 8.09. The fourth-order valence-electron chi connectivity index (χ4n) is 1.71. The van der Waals surface area contributed by atoms with Gasteiger partial charge in [-0.3, -0.25) is 0 Å². The van der Waals surface area contributed by atoms with Gasteiger partial charge in [0.15, 0.2) is 0 Å². The van der Waals surface area contributed by atoms with Crippen molar-refractivity contribution in [2.75, 3.05) is 6.61 Å². The molecule has 0 aromatic carbocycles. The van der Waals surface area contributed by atoms with Crippen LogP contribution in [0, 0.1) is 5.92 Å². The molecule has 2 nitrogen and oxygen atoms in total. The predicted molar refractivity (Wildman–Crippen MR) is 84.6 cm³/mol. The highest BCUT2D eigenvalue weighted by atomic mass is 32.1. The number of hydrogen-bond acceptors (Lipinski definition) is 3. The molecule has 0 unspecified atom stereocenters. The molecule has 1 rings (SSSR count). The Bertz CT molecular complexity index is 352. The van der Waals surface area contributed by atoms with E-state index in [-0.39, 0.29) is 5.54 Å². The molecule has 19 heavy (non-hydrogen) atoms. The van der Waals surface area contributed by atoms with Crippen molar-refractivity contribution in [3.63, 3.8) is 0 Å². The highest BCUT2D eigenvalue weighted by Crippen LogP contribution is 2.18. The fraction of sp³-hybridized carbons (Fsp3) is 0.750.